The number of aromatic nitrogens is 3. The number of aromatic amines is 1. The molecule has 0 saturated carbocycles. The number of rotatable bonds is 6. The van der Waals surface area contributed by atoms with Gasteiger partial charge in [0.15, 0.2) is 11.7 Å². The molecule has 0 aliphatic rings. The van der Waals surface area contributed by atoms with E-state index in [4.69, 9.17) is 4.42 Å². The van der Waals surface area contributed by atoms with Crippen LogP contribution in [0.2, 0.25) is 0 Å². The molecular weight excluding hydrogens is 400 g/mol. The molecule has 158 valence electrons. The van der Waals surface area contributed by atoms with Gasteiger partial charge in [0, 0.05) is 29.7 Å². The van der Waals surface area contributed by atoms with Crippen LogP contribution in [-0.4, -0.2) is 20.9 Å². The Bertz CT molecular complexity index is 1330. The standard InChI is InChI=1S/C26H22N4O2/c1-17-6-8-18(9-7-17)23-16-27-25(32-23)15-14-24(31)28-20-12-10-19(11-13-20)26-29-21-4-2-3-5-22(21)30-26/h2-13,16H,14-15H2,1H3,(H,28,31)(H,29,30). The normalized spacial score (nSPS) is 11.0. The van der Waals surface area contributed by atoms with Crippen LogP contribution in [0.3, 0.4) is 0 Å². The molecular formula is C26H22N4O2. The van der Waals surface area contributed by atoms with Gasteiger partial charge in [-0.25, -0.2) is 9.97 Å². The van der Waals surface area contributed by atoms with Gasteiger partial charge in [-0.05, 0) is 43.3 Å². The summed E-state index contributed by atoms with van der Waals surface area (Å²) in [5, 5.41) is 2.92. The van der Waals surface area contributed by atoms with E-state index < -0.39 is 0 Å². The van der Waals surface area contributed by atoms with Gasteiger partial charge in [-0.1, -0.05) is 42.0 Å². The Balaban J connectivity index is 1.18. The minimum absolute atomic E-state index is 0.0865. The van der Waals surface area contributed by atoms with Crippen LogP contribution in [0.25, 0.3) is 33.7 Å². The third-order valence-electron chi connectivity index (χ3n) is 5.29. The number of benzene rings is 3. The molecule has 0 bridgehead atoms. The van der Waals surface area contributed by atoms with Crippen LogP contribution in [0.5, 0.6) is 0 Å². The van der Waals surface area contributed by atoms with Crippen LogP contribution in [0.4, 0.5) is 5.69 Å². The number of H-pyrrole nitrogens is 1. The first kappa shape index (κ1) is 19.8. The summed E-state index contributed by atoms with van der Waals surface area (Å²) in [6.45, 7) is 2.04. The van der Waals surface area contributed by atoms with Gasteiger partial charge in [-0.2, -0.15) is 0 Å². The SMILES string of the molecule is Cc1ccc(-c2cnc(CCC(=O)Nc3ccc(-c4nc5ccccc5[nH]4)cc3)o2)cc1. The number of anilines is 1. The largest absolute Gasteiger partial charge is 0.441 e. The van der Waals surface area contributed by atoms with Crippen molar-refractivity contribution in [2.75, 3.05) is 5.32 Å². The van der Waals surface area contributed by atoms with Crippen molar-refractivity contribution in [3.8, 4) is 22.7 Å². The molecule has 5 aromatic rings. The van der Waals surface area contributed by atoms with E-state index in [2.05, 4.69) is 20.3 Å². The van der Waals surface area contributed by atoms with Crippen molar-refractivity contribution < 1.29 is 9.21 Å². The van der Waals surface area contributed by atoms with Crippen molar-refractivity contribution in [2.45, 2.75) is 19.8 Å². The number of fused-ring (bicyclic) bond motifs is 1. The van der Waals surface area contributed by atoms with Crippen molar-refractivity contribution in [1.29, 1.82) is 0 Å². The molecule has 32 heavy (non-hydrogen) atoms. The zero-order valence-electron chi connectivity index (χ0n) is 17.6. The van der Waals surface area contributed by atoms with Crippen LogP contribution in [-0.2, 0) is 11.2 Å². The fourth-order valence-corrected chi connectivity index (χ4v) is 3.52. The summed E-state index contributed by atoms with van der Waals surface area (Å²) in [6, 6.07) is 23.6. The molecule has 6 heteroatoms. The lowest BCUT2D eigenvalue weighted by atomic mass is 10.1. The number of aryl methyl sites for hydroxylation is 2. The maximum Gasteiger partial charge on any atom is 0.224 e. The third-order valence-corrected chi connectivity index (χ3v) is 5.29. The lowest BCUT2D eigenvalue weighted by Crippen LogP contribution is -2.12. The fourth-order valence-electron chi connectivity index (χ4n) is 3.52. The summed E-state index contributed by atoms with van der Waals surface area (Å²) in [4.78, 5) is 24.6. The highest BCUT2D eigenvalue weighted by atomic mass is 16.4. The molecule has 3 aromatic carbocycles. The number of amides is 1. The Morgan fingerprint density at radius 3 is 2.50 bits per heavy atom. The second kappa shape index (κ2) is 8.51. The second-order valence-corrected chi connectivity index (χ2v) is 7.71. The number of para-hydroxylation sites is 2. The average molecular weight is 422 g/mol. The Labute approximate surface area is 185 Å². The predicted octanol–water partition coefficient (Wildman–Crippen LogP) is 5.76. The van der Waals surface area contributed by atoms with Gasteiger partial charge < -0.3 is 14.7 Å². The molecule has 0 aliphatic heterocycles. The first-order chi connectivity index (χ1) is 15.6. The molecule has 6 nitrogen and oxygen atoms in total. The van der Waals surface area contributed by atoms with Gasteiger partial charge in [0.2, 0.25) is 5.91 Å². The maximum absolute atomic E-state index is 12.4. The Morgan fingerprint density at radius 2 is 1.72 bits per heavy atom. The Morgan fingerprint density at radius 1 is 0.969 bits per heavy atom. The van der Waals surface area contributed by atoms with E-state index >= 15 is 0 Å². The summed E-state index contributed by atoms with van der Waals surface area (Å²) in [5.74, 6) is 1.98. The average Bonchev–Trinajstić information content (AvgIpc) is 3.46. The Kier molecular flexibility index (Phi) is 5.25. The smallest absolute Gasteiger partial charge is 0.224 e. The van der Waals surface area contributed by atoms with Gasteiger partial charge in [0.25, 0.3) is 0 Å². The highest BCUT2D eigenvalue weighted by Crippen LogP contribution is 2.23. The number of carbonyl (C=O) groups is 1. The number of nitrogens with one attached hydrogen (secondary N) is 2. The van der Waals surface area contributed by atoms with E-state index in [9.17, 15) is 4.79 Å². The summed E-state index contributed by atoms with van der Waals surface area (Å²) in [6.07, 6.45) is 2.43. The molecule has 2 aromatic heterocycles. The minimum atomic E-state index is -0.0865. The summed E-state index contributed by atoms with van der Waals surface area (Å²) in [5.41, 5.74) is 5.79. The molecule has 0 unspecified atom stereocenters. The highest BCUT2D eigenvalue weighted by Gasteiger charge is 2.10. The van der Waals surface area contributed by atoms with E-state index in [1.807, 2.05) is 79.7 Å². The highest BCUT2D eigenvalue weighted by molar-refractivity contribution is 5.91. The van der Waals surface area contributed by atoms with Gasteiger partial charge in [0.1, 0.15) is 5.82 Å². The minimum Gasteiger partial charge on any atom is -0.441 e. The molecule has 0 atom stereocenters. The molecule has 5 rings (SSSR count). The molecule has 0 fully saturated rings. The fraction of sp³-hybridized carbons (Fsp3) is 0.115. The number of hydrogen-bond donors (Lipinski definition) is 2. The first-order valence-corrected chi connectivity index (χ1v) is 10.5. The van der Waals surface area contributed by atoms with Gasteiger partial charge in [0.05, 0.1) is 17.2 Å². The van der Waals surface area contributed by atoms with Crippen LogP contribution < -0.4 is 5.32 Å². The number of carbonyl (C=O) groups excluding carboxylic acids is 1. The van der Waals surface area contributed by atoms with Gasteiger partial charge >= 0.3 is 0 Å². The van der Waals surface area contributed by atoms with Gasteiger partial charge in [-0.3, -0.25) is 4.79 Å². The first-order valence-electron chi connectivity index (χ1n) is 10.5. The summed E-state index contributed by atoms with van der Waals surface area (Å²) >= 11 is 0. The molecule has 0 saturated heterocycles. The van der Waals surface area contributed by atoms with Crippen molar-refractivity contribution >= 4 is 22.6 Å². The van der Waals surface area contributed by atoms with Crippen LogP contribution >= 0.6 is 0 Å². The number of imidazole rings is 1. The van der Waals surface area contributed by atoms with E-state index in [0.717, 1.165) is 33.7 Å². The Hall–Kier alpha value is -4.19. The zero-order chi connectivity index (χ0) is 21.9. The molecule has 1 amide bonds. The van der Waals surface area contributed by atoms with Crippen LogP contribution in [0.1, 0.15) is 17.9 Å². The molecule has 2 heterocycles. The summed E-state index contributed by atoms with van der Waals surface area (Å²) < 4.78 is 5.80. The van der Waals surface area contributed by atoms with Gasteiger partial charge in [-0.15, -0.1) is 0 Å². The van der Waals surface area contributed by atoms with Crippen LogP contribution in [0, 0.1) is 6.92 Å². The number of nitrogens with zero attached hydrogens (tertiary/aromatic N) is 2. The number of hydrogen-bond acceptors (Lipinski definition) is 4. The molecule has 0 aliphatic carbocycles. The van der Waals surface area contributed by atoms with E-state index in [-0.39, 0.29) is 5.91 Å². The quantitative estimate of drug-likeness (QED) is 0.364. The van der Waals surface area contributed by atoms with Crippen molar-refractivity contribution in [3.05, 3.63) is 90.4 Å². The maximum atomic E-state index is 12.4. The molecule has 0 spiro atoms. The van der Waals surface area contributed by atoms with Crippen molar-refractivity contribution in [2.24, 2.45) is 0 Å². The van der Waals surface area contributed by atoms with E-state index in [0.29, 0.717) is 24.5 Å². The van der Waals surface area contributed by atoms with Crippen LogP contribution in [0.15, 0.2) is 83.4 Å². The van der Waals surface area contributed by atoms with E-state index in [1.165, 1.54) is 5.56 Å². The lowest BCUT2D eigenvalue weighted by molar-refractivity contribution is -0.116. The summed E-state index contributed by atoms with van der Waals surface area (Å²) in [7, 11) is 0. The lowest BCUT2D eigenvalue weighted by Gasteiger charge is -2.05. The van der Waals surface area contributed by atoms with E-state index in [1.54, 1.807) is 6.20 Å². The second-order valence-electron chi connectivity index (χ2n) is 7.71. The third kappa shape index (κ3) is 4.30. The predicted molar refractivity (Wildman–Crippen MR) is 125 cm³/mol. The monoisotopic (exact) mass is 422 g/mol. The van der Waals surface area contributed by atoms with Crippen molar-refractivity contribution in [3.63, 3.8) is 0 Å². The molecule has 2 N–H and O–H groups in total. The topological polar surface area (TPSA) is 83.8 Å². The zero-order valence-corrected chi connectivity index (χ0v) is 17.6. The molecule has 0 radical (unpaired) electrons. The van der Waals surface area contributed by atoms with Crippen molar-refractivity contribution in [1.82, 2.24) is 15.0 Å². The number of oxazole rings is 1.